The number of nitrogens with zero attached hydrogens (tertiary/aromatic N) is 2. The van der Waals surface area contributed by atoms with Gasteiger partial charge in [-0.05, 0) is 6.07 Å². The molecule has 54 valence electrons. The van der Waals surface area contributed by atoms with Crippen LogP contribution in [-0.2, 0) is 11.3 Å². The Balaban J connectivity index is 2.56. The lowest BCUT2D eigenvalue weighted by molar-refractivity contribution is -0.102. The largest absolute Gasteiger partial charge is 0.296 e. The van der Waals surface area contributed by atoms with Crippen LogP contribution in [0.25, 0.3) is 0 Å². The number of carbonyl (C=O) groups is 1. The number of fused-ring (bicyclic) bond motifs is 1. The van der Waals surface area contributed by atoms with Gasteiger partial charge in [0.25, 0.3) is 0 Å². The van der Waals surface area contributed by atoms with E-state index in [2.05, 4.69) is 9.98 Å². The quantitative estimate of drug-likeness (QED) is 0.544. The fourth-order valence-electron chi connectivity index (χ4n) is 1.16. The summed E-state index contributed by atoms with van der Waals surface area (Å²) >= 11 is 0. The Morgan fingerprint density at radius 3 is 3.27 bits per heavy atom. The number of hydrogen-bond acceptors (Lipinski definition) is 3. The van der Waals surface area contributed by atoms with Gasteiger partial charge >= 0.3 is 0 Å². The third kappa shape index (κ3) is 0.852. The molecule has 1 aromatic rings. The molecule has 0 radical (unpaired) electrons. The van der Waals surface area contributed by atoms with Crippen LogP contribution in [0.4, 0.5) is 0 Å². The Kier molecular flexibility index (Phi) is 1.28. The minimum atomic E-state index is 0.544. The highest BCUT2D eigenvalue weighted by Gasteiger charge is 2.13. The van der Waals surface area contributed by atoms with E-state index in [-0.39, 0.29) is 0 Å². The van der Waals surface area contributed by atoms with Crippen molar-refractivity contribution in [2.45, 2.75) is 6.54 Å². The molecule has 0 aromatic carbocycles. The van der Waals surface area contributed by atoms with Crippen molar-refractivity contribution in [1.29, 1.82) is 0 Å². The van der Waals surface area contributed by atoms with Crippen molar-refractivity contribution in [2.24, 2.45) is 4.99 Å². The zero-order valence-corrected chi connectivity index (χ0v) is 5.82. The molecule has 1 aliphatic rings. The van der Waals surface area contributed by atoms with E-state index < -0.39 is 0 Å². The fourth-order valence-corrected chi connectivity index (χ4v) is 1.16. The second kappa shape index (κ2) is 2.27. The number of rotatable bonds is 1. The first-order chi connectivity index (χ1) is 5.42. The van der Waals surface area contributed by atoms with Crippen molar-refractivity contribution < 1.29 is 4.79 Å². The summed E-state index contributed by atoms with van der Waals surface area (Å²) in [6, 6.07) is 1.82. The van der Waals surface area contributed by atoms with E-state index in [4.69, 9.17) is 0 Å². The van der Waals surface area contributed by atoms with Crippen molar-refractivity contribution in [3.63, 3.8) is 0 Å². The molecule has 0 unspecified atom stereocenters. The van der Waals surface area contributed by atoms with Gasteiger partial charge in [0.2, 0.25) is 0 Å². The normalized spacial score (nSPS) is 14.0. The van der Waals surface area contributed by atoms with Crippen LogP contribution in [0.5, 0.6) is 0 Å². The number of aromatic nitrogens is 1. The van der Waals surface area contributed by atoms with Gasteiger partial charge in [0.15, 0.2) is 6.29 Å². The Hall–Kier alpha value is -1.51. The molecule has 3 heteroatoms. The topological polar surface area (TPSA) is 42.3 Å². The van der Waals surface area contributed by atoms with Crippen molar-refractivity contribution >= 4 is 12.0 Å². The molecule has 2 rings (SSSR count). The highest BCUT2D eigenvalue weighted by molar-refractivity contribution is 6.37. The van der Waals surface area contributed by atoms with Gasteiger partial charge < -0.3 is 0 Å². The lowest BCUT2D eigenvalue weighted by Crippen LogP contribution is -1.98. The second-order valence-electron chi connectivity index (χ2n) is 2.35. The van der Waals surface area contributed by atoms with Crippen LogP contribution >= 0.6 is 0 Å². The van der Waals surface area contributed by atoms with Gasteiger partial charge in [0, 0.05) is 23.5 Å². The minimum absolute atomic E-state index is 0.544. The first kappa shape index (κ1) is 6.22. The molecular formula is C8H6N2O. The third-order valence-corrected chi connectivity index (χ3v) is 1.71. The maximum absolute atomic E-state index is 10.4. The summed E-state index contributed by atoms with van der Waals surface area (Å²) in [5, 5.41) is 0. The molecule has 0 bridgehead atoms. The minimum Gasteiger partial charge on any atom is -0.296 e. The van der Waals surface area contributed by atoms with E-state index in [1.807, 2.05) is 6.07 Å². The molecule has 11 heavy (non-hydrogen) atoms. The average molecular weight is 146 g/mol. The number of pyridine rings is 1. The van der Waals surface area contributed by atoms with Gasteiger partial charge in [0.1, 0.15) is 5.71 Å². The van der Waals surface area contributed by atoms with Crippen molar-refractivity contribution in [3.05, 3.63) is 29.6 Å². The van der Waals surface area contributed by atoms with E-state index in [0.29, 0.717) is 12.3 Å². The summed E-state index contributed by atoms with van der Waals surface area (Å²) in [5.41, 5.74) is 2.51. The van der Waals surface area contributed by atoms with Crippen molar-refractivity contribution in [2.75, 3.05) is 0 Å². The summed E-state index contributed by atoms with van der Waals surface area (Å²) in [5.74, 6) is 0. The molecule has 0 spiro atoms. The highest BCUT2D eigenvalue weighted by Crippen LogP contribution is 2.15. The van der Waals surface area contributed by atoms with Gasteiger partial charge in [-0.1, -0.05) is 0 Å². The van der Waals surface area contributed by atoms with Gasteiger partial charge in [-0.25, -0.2) is 0 Å². The number of aldehydes is 1. The lowest BCUT2D eigenvalue weighted by Gasteiger charge is -1.93. The predicted molar refractivity (Wildman–Crippen MR) is 40.5 cm³/mol. The maximum Gasteiger partial charge on any atom is 0.168 e. The Morgan fingerprint density at radius 2 is 2.45 bits per heavy atom. The van der Waals surface area contributed by atoms with Crippen LogP contribution in [0.15, 0.2) is 23.5 Å². The first-order valence-corrected chi connectivity index (χ1v) is 3.34. The zero-order chi connectivity index (χ0) is 7.68. The second-order valence-corrected chi connectivity index (χ2v) is 2.35. The summed E-state index contributed by atoms with van der Waals surface area (Å²) in [6.45, 7) is 0.594. The summed E-state index contributed by atoms with van der Waals surface area (Å²) < 4.78 is 0. The van der Waals surface area contributed by atoms with Gasteiger partial charge in [-0.15, -0.1) is 0 Å². The summed E-state index contributed by atoms with van der Waals surface area (Å²) in [7, 11) is 0. The first-order valence-electron chi connectivity index (χ1n) is 3.34. The number of carbonyl (C=O) groups excluding carboxylic acids is 1. The summed E-state index contributed by atoms with van der Waals surface area (Å²) in [4.78, 5) is 18.4. The Morgan fingerprint density at radius 1 is 1.55 bits per heavy atom. The van der Waals surface area contributed by atoms with E-state index >= 15 is 0 Å². The van der Waals surface area contributed by atoms with Crippen LogP contribution in [-0.4, -0.2) is 17.0 Å². The monoisotopic (exact) mass is 146 g/mol. The van der Waals surface area contributed by atoms with Gasteiger partial charge in [0.05, 0.1) is 6.54 Å². The molecule has 0 fully saturated rings. The predicted octanol–water partition coefficient (Wildman–Crippen LogP) is 0.583. The van der Waals surface area contributed by atoms with E-state index in [0.717, 1.165) is 17.4 Å². The van der Waals surface area contributed by atoms with Crippen LogP contribution in [0.1, 0.15) is 11.1 Å². The molecule has 0 saturated heterocycles. The van der Waals surface area contributed by atoms with Crippen LogP contribution < -0.4 is 0 Å². The molecule has 1 aliphatic heterocycles. The summed E-state index contributed by atoms with van der Waals surface area (Å²) in [6.07, 6.45) is 4.20. The fraction of sp³-hybridized carbons (Fsp3) is 0.125. The SMILES string of the molecule is O=CC1=NCc2cnccc21. The molecule has 2 heterocycles. The molecule has 0 saturated carbocycles. The van der Waals surface area contributed by atoms with Crippen LogP contribution in [0.3, 0.4) is 0 Å². The van der Waals surface area contributed by atoms with Crippen molar-refractivity contribution in [3.8, 4) is 0 Å². The Bertz CT molecular complexity index is 331. The number of aliphatic imine (C=N–C) groups is 1. The Labute approximate surface area is 63.8 Å². The molecule has 0 aliphatic carbocycles. The van der Waals surface area contributed by atoms with Gasteiger partial charge in [-0.2, -0.15) is 0 Å². The van der Waals surface area contributed by atoms with Crippen LogP contribution in [0, 0.1) is 0 Å². The molecular weight excluding hydrogens is 140 g/mol. The molecule has 0 atom stereocenters. The molecule has 0 N–H and O–H groups in total. The van der Waals surface area contributed by atoms with E-state index in [1.165, 1.54) is 0 Å². The highest BCUT2D eigenvalue weighted by atomic mass is 16.1. The van der Waals surface area contributed by atoms with Crippen LogP contribution in [0.2, 0.25) is 0 Å². The maximum atomic E-state index is 10.4. The third-order valence-electron chi connectivity index (χ3n) is 1.71. The standard InChI is InChI=1S/C8H6N2O/c11-5-8-7-1-2-9-3-6(7)4-10-8/h1-3,5H,4H2. The smallest absolute Gasteiger partial charge is 0.168 e. The lowest BCUT2D eigenvalue weighted by atomic mass is 10.1. The van der Waals surface area contributed by atoms with Gasteiger partial charge in [-0.3, -0.25) is 14.8 Å². The average Bonchev–Trinajstić information content (AvgIpc) is 2.47. The zero-order valence-electron chi connectivity index (χ0n) is 5.82. The molecule has 0 amide bonds. The molecule has 3 nitrogen and oxygen atoms in total. The molecule has 1 aromatic heterocycles. The van der Waals surface area contributed by atoms with E-state index in [1.54, 1.807) is 12.4 Å². The number of hydrogen-bond donors (Lipinski definition) is 0. The van der Waals surface area contributed by atoms with Crippen molar-refractivity contribution in [1.82, 2.24) is 4.98 Å². The van der Waals surface area contributed by atoms with E-state index in [9.17, 15) is 4.79 Å².